The van der Waals surface area contributed by atoms with E-state index in [4.69, 9.17) is 5.84 Å². The molecule has 3 N–H and O–H groups in total. The normalized spacial score (nSPS) is 13.0. The number of rotatable bonds is 3. The molecule has 2 aromatic heterocycles. The minimum atomic E-state index is -0.223. The first-order valence-electron chi connectivity index (χ1n) is 6.23. The van der Waals surface area contributed by atoms with E-state index in [-0.39, 0.29) is 11.9 Å². The summed E-state index contributed by atoms with van der Waals surface area (Å²) < 4.78 is 16.2. The lowest BCUT2D eigenvalue weighted by atomic mass is 10.1. The van der Waals surface area contributed by atoms with E-state index in [2.05, 4.69) is 10.4 Å². The fourth-order valence-corrected chi connectivity index (χ4v) is 3.43. The molecule has 104 valence electrons. The Balaban J connectivity index is 2.09. The number of imidazole rings is 1. The Morgan fingerprint density at radius 3 is 2.85 bits per heavy atom. The molecule has 6 heteroatoms. The minimum Gasteiger partial charge on any atom is -0.334 e. The largest absolute Gasteiger partial charge is 0.334 e. The second-order valence-electron chi connectivity index (χ2n) is 4.72. The highest BCUT2D eigenvalue weighted by Crippen LogP contribution is 2.33. The number of nitrogens with one attached hydrogen (secondary N) is 1. The van der Waals surface area contributed by atoms with Crippen molar-refractivity contribution in [3.05, 3.63) is 52.7 Å². The number of nitrogens with zero attached hydrogens (tertiary/aromatic N) is 2. The topological polar surface area (TPSA) is 55.9 Å². The Bertz CT molecular complexity index is 762. The van der Waals surface area contributed by atoms with Crippen LogP contribution in [0.5, 0.6) is 0 Å². The van der Waals surface area contributed by atoms with Gasteiger partial charge in [-0.2, -0.15) is 0 Å². The molecule has 0 bridgehead atoms. The van der Waals surface area contributed by atoms with Gasteiger partial charge >= 0.3 is 0 Å². The highest BCUT2D eigenvalue weighted by molar-refractivity contribution is 7.19. The van der Waals surface area contributed by atoms with Crippen LogP contribution in [0.25, 0.3) is 10.1 Å². The van der Waals surface area contributed by atoms with Gasteiger partial charge in [0.25, 0.3) is 0 Å². The van der Waals surface area contributed by atoms with Crippen molar-refractivity contribution in [2.75, 3.05) is 0 Å². The first kappa shape index (κ1) is 13.2. The number of hydrogen-bond acceptors (Lipinski definition) is 4. The van der Waals surface area contributed by atoms with Gasteiger partial charge in [0, 0.05) is 16.6 Å². The van der Waals surface area contributed by atoms with E-state index in [0.717, 1.165) is 26.5 Å². The second-order valence-corrected chi connectivity index (χ2v) is 5.84. The van der Waals surface area contributed by atoms with Gasteiger partial charge in [0.1, 0.15) is 11.6 Å². The Labute approximate surface area is 120 Å². The summed E-state index contributed by atoms with van der Waals surface area (Å²) in [5.41, 5.74) is 3.80. The van der Waals surface area contributed by atoms with Gasteiger partial charge in [0.15, 0.2) is 0 Å². The number of aryl methyl sites for hydroxylation is 1. The molecule has 0 aliphatic rings. The van der Waals surface area contributed by atoms with Crippen LogP contribution in [-0.2, 0) is 7.05 Å². The molecule has 0 amide bonds. The SMILES string of the molecule is Cc1ncc(C(NN)c2cc3ccc(F)cc3s2)n1C. The van der Waals surface area contributed by atoms with Crippen LogP contribution < -0.4 is 11.3 Å². The fraction of sp³-hybridized carbons (Fsp3) is 0.214. The molecule has 0 saturated carbocycles. The average Bonchev–Trinajstić information content (AvgIpc) is 2.97. The summed E-state index contributed by atoms with van der Waals surface area (Å²) in [6.07, 6.45) is 1.81. The molecule has 2 heterocycles. The molecule has 0 radical (unpaired) electrons. The summed E-state index contributed by atoms with van der Waals surface area (Å²) >= 11 is 1.53. The summed E-state index contributed by atoms with van der Waals surface area (Å²) in [5.74, 6) is 6.41. The number of benzene rings is 1. The molecule has 0 spiro atoms. The Kier molecular flexibility index (Phi) is 3.29. The molecule has 0 fully saturated rings. The van der Waals surface area contributed by atoms with Crippen LogP contribution in [0, 0.1) is 12.7 Å². The Morgan fingerprint density at radius 1 is 1.40 bits per heavy atom. The van der Waals surface area contributed by atoms with Crippen LogP contribution in [0.1, 0.15) is 22.4 Å². The highest BCUT2D eigenvalue weighted by Gasteiger charge is 2.19. The van der Waals surface area contributed by atoms with Crippen LogP contribution in [0.3, 0.4) is 0 Å². The summed E-state index contributed by atoms with van der Waals surface area (Å²) in [7, 11) is 1.95. The van der Waals surface area contributed by atoms with Crippen LogP contribution in [0.2, 0.25) is 0 Å². The number of fused-ring (bicyclic) bond motifs is 1. The molecule has 20 heavy (non-hydrogen) atoms. The number of halogens is 1. The first-order chi connectivity index (χ1) is 9.60. The molecule has 0 saturated heterocycles. The standard InChI is InChI=1S/C14H15FN4S/c1-8-17-7-11(19(8)2)14(18-16)13-5-9-3-4-10(15)6-12(9)20-13/h3-7,14,18H,16H2,1-2H3. The van der Waals surface area contributed by atoms with E-state index in [0.29, 0.717) is 0 Å². The molecule has 4 nitrogen and oxygen atoms in total. The summed E-state index contributed by atoms with van der Waals surface area (Å²) in [6, 6.07) is 6.68. The summed E-state index contributed by atoms with van der Waals surface area (Å²) in [6.45, 7) is 1.94. The van der Waals surface area contributed by atoms with Crippen LogP contribution in [-0.4, -0.2) is 9.55 Å². The molecule has 3 rings (SSSR count). The third-order valence-corrected chi connectivity index (χ3v) is 4.67. The van der Waals surface area contributed by atoms with Gasteiger partial charge < -0.3 is 4.57 Å². The maximum absolute atomic E-state index is 13.3. The zero-order valence-electron chi connectivity index (χ0n) is 11.2. The van der Waals surface area contributed by atoms with Crippen LogP contribution in [0.15, 0.2) is 30.5 Å². The van der Waals surface area contributed by atoms with Crippen molar-refractivity contribution < 1.29 is 4.39 Å². The maximum atomic E-state index is 13.3. The van der Waals surface area contributed by atoms with E-state index in [1.54, 1.807) is 12.1 Å². The molecular weight excluding hydrogens is 275 g/mol. The summed E-state index contributed by atoms with van der Waals surface area (Å²) in [4.78, 5) is 5.33. The van der Waals surface area contributed by atoms with Crippen molar-refractivity contribution in [2.24, 2.45) is 12.9 Å². The number of hydrogen-bond donors (Lipinski definition) is 2. The fourth-order valence-electron chi connectivity index (χ4n) is 2.27. The molecule has 3 aromatic rings. The predicted octanol–water partition coefficient (Wildman–Crippen LogP) is 2.64. The predicted molar refractivity (Wildman–Crippen MR) is 78.9 cm³/mol. The van der Waals surface area contributed by atoms with E-state index < -0.39 is 0 Å². The van der Waals surface area contributed by atoms with Gasteiger partial charge in [0.05, 0.1) is 17.9 Å². The first-order valence-corrected chi connectivity index (χ1v) is 7.05. The van der Waals surface area contributed by atoms with Gasteiger partial charge in [-0.25, -0.2) is 14.8 Å². The van der Waals surface area contributed by atoms with Crippen LogP contribution >= 0.6 is 11.3 Å². The van der Waals surface area contributed by atoms with Crippen molar-refractivity contribution in [3.8, 4) is 0 Å². The number of hydrazine groups is 1. The smallest absolute Gasteiger partial charge is 0.124 e. The van der Waals surface area contributed by atoms with Crippen molar-refractivity contribution in [1.29, 1.82) is 0 Å². The minimum absolute atomic E-state index is 0.151. The van der Waals surface area contributed by atoms with E-state index >= 15 is 0 Å². The zero-order valence-corrected chi connectivity index (χ0v) is 12.0. The average molecular weight is 290 g/mol. The van der Waals surface area contributed by atoms with Crippen molar-refractivity contribution in [1.82, 2.24) is 15.0 Å². The maximum Gasteiger partial charge on any atom is 0.124 e. The van der Waals surface area contributed by atoms with E-state index in [1.165, 1.54) is 17.4 Å². The lowest BCUT2D eigenvalue weighted by Crippen LogP contribution is -2.29. The lowest BCUT2D eigenvalue weighted by Gasteiger charge is -2.15. The van der Waals surface area contributed by atoms with Crippen molar-refractivity contribution in [2.45, 2.75) is 13.0 Å². The lowest BCUT2D eigenvalue weighted by molar-refractivity contribution is 0.602. The third-order valence-electron chi connectivity index (χ3n) is 3.50. The molecule has 0 aliphatic carbocycles. The summed E-state index contributed by atoms with van der Waals surface area (Å²) in [5, 5.41) is 1.02. The molecule has 1 atom stereocenters. The van der Waals surface area contributed by atoms with Gasteiger partial charge in [-0.3, -0.25) is 5.84 Å². The molecule has 1 unspecified atom stereocenters. The van der Waals surface area contributed by atoms with E-state index in [1.807, 2.05) is 30.8 Å². The van der Waals surface area contributed by atoms with Gasteiger partial charge in [-0.1, -0.05) is 6.07 Å². The monoisotopic (exact) mass is 290 g/mol. The molecule has 0 aliphatic heterocycles. The zero-order chi connectivity index (χ0) is 14.3. The van der Waals surface area contributed by atoms with E-state index in [9.17, 15) is 4.39 Å². The number of aromatic nitrogens is 2. The van der Waals surface area contributed by atoms with Gasteiger partial charge in [-0.15, -0.1) is 11.3 Å². The molecular formula is C14H15FN4S. The third kappa shape index (κ3) is 2.11. The Hall–Kier alpha value is -1.76. The van der Waals surface area contributed by atoms with Gasteiger partial charge in [0.2, 0.25) is 0 Å². The highest BCUT2D eigenvalue weighted by atomic mass is 32.1. The van der Waals surface area contributed by atoms with Crippen LogP contribution in [0.4, 0.5) is 4.39 Å². The molecule has 1 aromatic carbocycles. The second kappa shape index (κ2) is 4.97. The number of thiophene rings is 1. The number of nitrogens with two attached hydrogens (primary N) is 1. The van der Waals surface area contributed by atoms with Gasteiger partial charge in [-0.05, 0) is 30.5 Å². The van der Waals surface area contributed by atoms with Crippen molar-refractivity contribution >= 4 is 21.4 Å². The Morgan fingerprint density at radius 2 is 2.20 bits per heavy atom. The quantitative estimate of drug-likeness (QED) is 0.576. The van der Waals surface area contributed by atoms with Crippen molar-refractivity contribution in [3.63, 3.8) is 0 Å².